The van der Waals surface area contributed by atoms with Crippen molar-refractivity contribution in [2.24, 2.45) is 0 Å². The van der Waals surface area contributed by atoms with E-state index < -0.39 is 22.5 Å². The maximum absolute atomic E-state index is 12.4. The monoisotopic (exact) mass is 317 g/mol. The number of hydrogen-bond donors (Lipinski definition) is 1. The van der Waals surface area contributed by atoms with Crippen LogP contribution < -0.4 is 5.32 Å². The molecular formula is C9H5BrF5NO. The molecule has 0 saturated heterocycles. The fourth-order valence-corrected chi connectivity index (χ4v) is 1.07. The molecule has 0 radical (unpaired) electrons. The molecule has 8 heteroatoms. The van der Waals surface area contributed by atoms with Gasteiger partial charge >= 0.3 is 16.9 Å². The summed E-state index contributed by atoms with van der Waals surface area (Å²) in [5.41, 5.74) is -1.39. The van der Waals surface area contributed by atoms with Crippen molar-refractivity contribution in [3.8, 4) is 0 Å². The zero-order valence-electron chi connectivity index (χ0n) is 7.99. The molecule has 1 rings (SSSR count). The van der Waals surface area contributed by atoms with Crippen LogP contribution >= 0.6 is 15.9 Å². The molecule has 0 aliphatic rings. The predicted octanol–water partition coefficient (Wildman–Crippen LogP) is 3.63. The Labute approximate surface area is 101 Å². The van der Waals surface area contributed by atoms with Crippen LogP contribution in [0.4, 0.5) is 27.6 Å². The van der Waals surface area contributed by atoms with Gasteiger partial charge in [0, 0.05) is 21.6 Å². The van der Waals surface area contributed by atoms with E-state index >= 15 is 0 Å². The zero-order valence-corrected chi connectivity index (χ0v) is 9.57. The van der Waals surface area contributed by atoms with Gasteiger partial charge in [-0.15, -0.1) is 0 Å². The van der Waals surface area contributed by atoms with Gasteiger partial charge in [-0.25, -0.2) is 0 Å². The number of anilines is 1. The average Bonchev–Trinajstić information content (AvgIpc) is 2.15. The summed E-state index contributed by atoms with van der Waals surface area (Å²) in [5, 5.41) is 1.66. The molecule has 94 valence electrons. The van der Waals surface area contributed by atoms with E-state index in [1.807, 2.05) is 0 Å². The van der Waals surface area contributed by atoms with E-state index in [4.69, 9.17) is 0 Å². The lowest BCUT2D eigenvalue weighted by molar-refractivity contribution is -0.137. The Hall–Kier alpha value is -1.18. The van der Waals surface area contributed by atoms with Gasteiger partial charge in [-0.3, -0.25) is 4.79 Å². The third kappa shape index (κ3) is 3.95. The standard InChI is InChI=1S/C9H5BrF5NO/c10-8(11,12)7(17)16-6-3-1-2-5(4-6)9(13,14)15/h1-4H,(H,16,17). The summed E-state index contributed by atoms with van der Waals surface area (Å²) in [4.78, 5) is 6.97. The lowest BCUT2D eigenvalue weighted by Crippen LogP contribution is -2.28. The van der Waals surface area contributed by atoms with Gasteiger partial charge in [0.2, 0.25) is 0 Å². The van der Waals surface area contributed by atoms with Crippen molar-refractivity contribution in [1.29, 1.82) is 0 Å². The van der Waals surface area contributed by atoms with Gasteiger partial charge in [-0.2, -0.15) is 22.0 Å². The van der Waals surface area contributed by atoms with E-state index in [0.29, 0.717) is 6.07 Å². The van der Waals surface area contributed by atoms with E-state index in [2.05, 4.69) is 0 Å². The van der Waals surface area contributed by atoms with Crippen LogP contribution in [-0.4, -0.2) is 10.7 Å². The van der Waals surface area contributed by atoms with E-state index in [-0.39, 0.29) is 5.69 Å². The van der Waals surface area contributed by atoms with Gasteiger partial charge < -0.3 is 5.32 Å². The van der Waals surface area contributed by atoms with Crippen LogP contribution in [0.5, 0.6) is 0 Å². The van der Waals surface area contributed by atoms with Crippen molar-refractivity contribution in [3.63, 3.8) is 0 Å². The predicted molar refractivity (Wildman–Crippen MR) is 53.9 cm³/mol. The molecule has 0 saturated carbocycles. The molecule has 1 N–H and O–H groups in total. The van der Waals surface area contributed by atoms with Crippen LogP contribution in [0, 0.1) is 0 Å². The first-order valence-electron chi connectivity index (χ1n) is 4.16. The molecule has 1 aromatic rings. The number of rotatable bonds is 2. The van der Waals surface area contributed by atoms with Gasteiger partial charge in [0.15, 0.2) is 0 Å². The Kier molecular flexibility index (Phi) is 3.75. The van der Waals surface area contributed by atoms with Crippen molar-refractivity contribution < 1.29 is 26.7 Å². The highest BCUT2D eigenvalue weighted by atomic mass is 79.9. The van der Waals surface area contributed by atoms with Gasteiger partial charge in [0.25, 0.3) is 0 Å². The number of benzene rings is 1. The van der Waals surface area contributed by atoms with Crippen molar-refractivity contribution >= 4 is 27.5 Å². The molecule has 0 bridgehead atoms. The number of carbonyl (C=O) groups excluding carboxylic acids is 1. The topological polar surface area (TPSA) is 29.1 Å². The Balaban J connectivity index is 2.91. The van der Waals surface area contributed by atoms with Gasteiger partial charge in [-0.1, -0.05) is 6.07 Å². The first-order chi connectivity index (χ1) is 7.60. The van der Waals surface area contributed by atoms with E-state index in [0.717, 1.165) is 18.2 Å². The smallest absolute Gasteiger partial charge is 0.320 e. The molecule has 0 heterocycles. The summed E-state index contributed by atoms with van der Waals surface area (Å²) >= 11 is 1.79. The zero-order chi connectivity index (χ0) is 13.3. The number of carbonyl (C=O) groups is 1. The maximum Gasteiger partial charge on any atom is 0.416 e. The molecule has 0 fully saturated rings. The minimum Gasteiger partial charge on any atom is -0.320 e. The Morgan fingerprint density at radius 3 is 2.24 bits per heavy atom. The molecule has 2 nitrogen and oxygen atoms in total. The Morgan fingerprint density at radius 1 is 1.18 bits per heavy atom. The summed E-state index contributed by atoms with van der Waals surface area (Å²) in [7, 11) is 0. The SMILES string of the molecule is O=C(Nc1cccc(C(F)(F)F)c1)C(F)(F)Br. The van der Waals surface area contributed by atoms with Gasteiger partial charge in [0.05, 0.1) is 5.56 Å². The quantitative estimate of drug-likeness (QED) is 0.655. The van der Waals surface area contributed by atoms with Crippen molar-refractivity contribution in [1.82, 2.24) is 0 Å². The second-order valence-electron chi connectivity index (χ2n) is 3.03. The van der Waals surface area contributed by atoms with Crippen LogP contribution in [0.25, 0.3) is 0 Å². The third-order valence-corrected chi connectivity index (χ3v) is 2.07. The number of halogens is 6. The van der Waals surface area contributed by atoms with Crippen LogP contribution in [0.2, 0.25) is 0 Å². The largest absolute Gasteiger partial charge is 0.416 e. The summed E-state index contributed by atoms with van der Waals surface area (Å²) in [6.07, 6.45) is -4.60. The Bertz CT molecular complexity index is 426. The van der Waals surface area contributed by atoms with Crippen LogP contribution in [-0.2, 0) is 11.0 Å². The number of hydrogen-bond acceptors (Lipinski definition) is 1. The molecule has 0 aromatic heterocycles. The highest BCUT2D eigenvalue weighted by Gasteiger charge is 2.35. The molecule has 0 atom stereocenters. The summed E-state index contributed by atoms with van der Waals surface area (Å²) in [5.74, 6) is -1.74. The van der Waals surface area contributed by atoms with Crippen LogP contribution in [0.3, 0.4) is 0 Å². The average molecular weight is 318 g/mol. The molecule has 1 amide bonds. The second kappa shape index (κ2) is 4.59. The molecule has 1 aromatic carbocycles. The first-order valence-corrected chi connectivity index (χ1v) is 4.95. The van der Waals surface area contributed by atoms with Gasteiger partial charge in [0.1, 0.15) is 0 Å². The van der Waals surface area contributed by atoms with Crippen LogP contribution in [0.1, 0.15) is 5.56 Å². The van der Waals surface area contributed by atoms with Crippen molar-refractivity contribution in [3.05, 3.63) is 29.8 Å². The molecule has 0 unspecified atom stereocenters. The fourth-order valence-electron chi connectivity index (χ4n) is 0.975. The lowest BCUT2D eigenvalue weighted by Gasteiger charge is -2.11. The minimum absolute atomic E-state index is 0.357. The van der Waals surface area contributed by atoms with E-state index in [1.165, 1.54) is 0 Å². The molecule has 0 spiro atoms. The maximum atomic E-state index is 12.4. The number of alkyl halides is 6. The van der Waals surface area contributed by atoms with Crippen LogP contribution in [0.15, 0.2) is 24.3 Å². The number of nitrogens with one attached hydrogen (secondary N) is 1. The van der Waals surface area contributed by atoms with E-state index in [9.17, 15) is 26.7 Å². The molecule has 0 aliphatic heterocycles. The van der Waals surface area contributed by atoms with Gasteiger partial charge in [-0.05, 0) is 18.2 Å². The summed E-state index contributed by atoms with van der Waals surface area (Å²) in [6.45, 7) is 0. The third-order valence-electron chi connectivity index (χ3n) is 1.71. The van der Waals surface area contributed by atoms with E-state index in [1.54, 1.807) is 21.2 Å². The first kappa shape index (κ1) is 13.9. The molecule has 17 heavy (non-hydrogen) atoms. The molecule has 0 aliphatic carbocycles. The summed E-state index contributed by atoms with van der Waals surface area (Å²) in [6, 6.07) is 3.41. The highest BCUT2D eigenvalue weighted by molar-refractivity contribution is 9.10. The fraction of sp³-hybridized carbons (Fsp3) is 0.222. The summed E-state index contributed by atoms with van der Waals surface area (Å²) < 4.78 is 61.6. The normalized spacial score (nSPS) is 12.4. The highest BCUT2D eigenvalue weighted by Crippen LogP contribution is 2.31. The van der Waals surface area contributed by atoms with Crippen molar-refractivity contribution in [2.45, 2.75) is 11.0 Å². The van der Waals surface area contributed by atoms with Crippen molar-refractivity contribution in [2.75, 3.05) is 5.32 Å². The number of amides is 1. The minimum atomic E-state index is -4.60. The molecular weight excluding hydrogens is 313 g/mol. The lowest BCUT2D eigenvalue weighted by atomic mass is 10.2. The second-order valence-corrected chi connectivity index (χ2v) is 4.03. The Morgan fingerprint density at radius 2 is 1.76 bits per heavy atom.